The molecule has 0 atom stereocenters. The molecule has 0 bridgehead atoms. The lowest BCUT2D eigenvalue weighted by Crippen LogP contribution is -2.15. The number of hydrogen-bond acceptors (Lipinski definition) is 4. The molecular formula is C20H20ClFN4OS. The quantitative estimate of drug-likeness (QED) is 0.547. The summed E-state index contributed by atoms with van der Waals surface area (Å²) in [4.78, 5) is 12.4. The average Bonchev–Trinajstić information content (AvgIpc) is 3.07. The van der Waals surface area contributed by atoms with Gasteiger partial charge in [-0.05, 0) is 56.7 Å². The van der Waals surface area contributed by atoms with Crippen LogP contribution >= 0.6 is 23.4 Å². The third-order valence-electron chi connectivity index (χ3n) is 4.09. The minimum absolute atomic E-state index is 0.00803. The van der Waals surface area contributed by atoms with Gasteiger partial charge in [-0.2, -0.15) is 0 Å². The topological polar surface area (TPSA) is 59.8 Å². The van der Waals surface area contributed by atoms with Gasteiger partial charge in [-0.25, -0.2) is 4.39 Å². The minimum atomic E-state index is -0.357. The van der Waals surface area contributed by atoms with E-state index < -0.39 is 0 Å². The normalized spacial score (nSPS) is 11.1. The van der Waals surface area contributed by atoms with Gasteiger partial charge in [-0.15, -0.1) is 10.2 Å². The molecule has 146 valence electrons. The second-order valence-corrected chi connectivity index (χ2v) is 7.92. The molecule has 1 heterocycles. The van der Waals surface area contributed by atoms with Crippen LogP contribution in [0.1, 0.15) is 25.5 Å². The number of carbonyl (C=O) groups excluding carboxylic acids is 1. The minimum Gasteiger partial charge on any atom is -0.325 e. The summed E-state index contributed by atoms with van der Waals surface area (Å²) >= 11 is 7.21. The number of nitrogens with one attached hydrogen (secondary N) is 1. The van der Waals surface area contributed by atoms with E-state index in [9.17, 15) is 9.18 Å². The second kappa shape index (κ2) is 8.75. The lowest BCUT2D eigenvalue weighted by molar-refractivity contribution is -0.113. The largest absolute Gasteiger partial charge is 0.325 e. The van der Waals surface area contributed by atoms with E-state index in [1.807, 2.05) is 25.3 Å². The Morgan fingerprint density at radius 2 is 2.00 bits per heavy atom. The van der Waals surface area contributed by atoms with Crippen LogP contribution in [0.5, 0.6) is 0 Å². The fourth-order valence-corrected chi connectivity index (χ4v) is 3.84. The van der Waals surface area contributed by atoms with Crippen molar-refractivity contribution >= 4 is 35.0 Å². The molecule has 0 saturated heterocycles. The third kappa shape index (κ3) is 4.54. The number of amides is 1. The Balaban J connectivity index is 1.76. The molecule has 1 aromatic heterocycles. The number of anilines is 1. The molecule has 3 aromatic rings. The molecule has 28 heavy (non-hydrogen) atoms. The Kier molecular flexibility index (Phi) is 6.36. The molecular weight excluding hydrogens is 399 g/mol. The number of halogens is 2. The van der Waals surface area contributed by atoms with Crippen molar-refractivity contribution in [1.82, 2.24) is 14.8 Å². The summed E-state index contributed by atoms with van der Waals surface area (Å²) in [5.41, 5.74) is 1.99. The van der Waals surface area contributed by atoms with Crippen LogP contribution in [0, 0.1) is 12.7 Å². The standard InChI is InChI=1S/C20H20ClFN4OS/c1-12(2)26-19(15-6-4-5-7-16(15)22)24-25-20(26)28-11-18(27)23-17-9-8-14(21)10-13(17)3/h4-10,12H,11H2,1-3H3,(H,23,27). The molecule has 8 heteroatoms. The van der Waals surface area contributed by atoms with Crippen LogP contribution in [0.2, 0.25) is 5.02 Å². The van der Waals surface area contributed by atoms with E-state index in [2.05, 4.69) is 15.5 Å². The lowest BCUT2D eigenvalue weighted by Gasteiger charge is -2.14. The Morgan fingerprint density at radius 1 is 1.25 bits per heavy atom. The highest BCUT2D eigenvalue weighted by atomic mass is 35.5. The van der Waals surface area contributed by atoms with Crippen LogP contribution in [-0.4, -0.2) is 26.4 Å². The van der Waals surface area contributed by atoms with Crippen LogP contribution in [0.25, 0.3) is 11.4 Å². The Morgan fingerprint density at radius 3 is 2.68 bits per heavy atom. The third-order valence-corrected chi connectivity index (χ3v) is 5.27. The molecule has 5 nitrogen and oxygen atoms in total. The van der Waals surface area contributed by atoms with Gasteiger partial charge in [0.1, 0.15) is 5.82 Å². The van der Waals surface area contributed by atoms with Crippen molar-refractivity contribution in [2.24, 2.45) is 0 Å². The molecule has 0 radical (unpaired) electrons. The first-order valence-corrected chi connectivity index (χ1v) is 10.1. The van der Waals surface area contributed by atoms with Crippen molar-refractivity contribution in [2.45, 2.75) is 32.0 Å². The van der Waals surface area contributed by atoms with E-state index in [1.165, 1.54) is 17.8 Å². The van der Waals surface area contributed by atoms with Crippen molar-refractivity contribution in [3.8, 4) is 11.4 Å². The predicted octanol–water partition coefficient (Wildman–Crippen LogP) is 5.36. The molecule has 0 aliphatic carbocycles. The molecule has 0 unspecified atom stereocenters. The monoisotopic (exact) mass is 418 g/mol. The molecule has 0 aliphatic rings. The van der Waals surface area contributed by atoms with E-state index >= 15 is 0 Å². The number of nitrogens with zero attached hydrogens (tertiary/aromatic N) is 3. The van der Waals surface area contributed by atoms with Crippen LogP contribution in [0.15, 0.2) is 47.6 Å². The maximum absolute atomic E-state index is 14.2. The highest BCUT2D eigenvalue weighted by molar-refractivity contribution is 7.99. The summed E-state index contributed by atoms with van der Waals surface area (Å²) < 4.78 is 16.0. The van der Waals surface area contributed by atoms with Crippen molar-refractivity contribution in [3.63, 3.8) is 0 Å². The maximum Gasteiger partial charge on any atom is 0.234 e. The zero-order valence-corrected chi connectivity index (χ0v) is 17.3. The van der Waals surface area contributed by atoms with Gasteiger partial charge >= 0.3 is 0 Å². The van der Waals surface area contributed by atoms with E-state index in [1.54, 1.807) is 36.4 Å². The van der Waals surface area contributed by atoms with Gasteiger partial charge in [0.05, 0.1) is 11.3 Å². The van der Waals surface area contributed by atoms with Gasteiger partial charge in [0.25, 0.3) is 0 Å². The fourth-order valence-electron chi connectivity index (χ4n) is 2.75. The molecule has 1 amide bonds. The Labute approximate surface area is 172 Å². The van der Waals surface area contributed by atoms with E-state index in [4.69, 9.17) is 11.6 Å². The molecule has 0 saturated carbocycles. The molecule has 3 rings (SSSR count). The van der Waals surface area contributed by atoms with Crippen molar-refractivity contribution in [2.75, 3.05) is 11.1 Å². The SMILES string of the molecule is Cc1cc(Cl)ccc1NC(=O)CSc1nnc(-c2ccccc2F)n1C(C)C. The summed E-state index contributed by atoms with van der Waals surface area (Å²) in [5, 5.41) is 12.4. The summed E-state index contributed by atoms with van der Waals surface area (Å²) in [5.74, 6) is 0.0829. The summed E-state index contributed by atoms with van der Waals surface area (Å²) in [6.07, 6.45) is 0. The maximum atomic E-state index is 14.2. The van der Waals surface area contributed by atoms with Gasteiger partial charge < -0.3 is 5.32 Å². The predicted molar refractivity (Wildman–Crippen MR) is 111 cm³/mol. The number of carbonyl (C=O) groups is 1. The zero-order valence-electron chi connectivity index (χ0n) is 15.7. The number of hydrogen-bond donors (Lipinski definition) is 1. The average molecular weight is 419 g/mol. The van der Waals surface area contributed by atoms with Crippen LogP contribution in [0.4, 0.5) is 10.1 Å². The Bertz CT molecular complexity index is 1010. The van der Waals surface area contributed by atoms with Gasteiger partial charge in [0.2, 0.25) is 5.91 Å². The number of aryl methyl sites for hydroxylation is 1. The highest BCUT2D eigenvalue weighted by Gasteiger charge is 2.20. The fraction of sp³-hybridized carbons (Fsp3) is 0.250. The number of thioether (sulfide) groups is 1. The van der Waals surface area contributed by atoms with Crippen LogP contribution < -0.4 is 5.32 Å². The summed E-state index contributed by atoms with van der Waals surface area (Å²) in [6, 6.07) is 11.8. The van der Waals surface area contributed by atoms with Crippen molar-refractivity contribution < 1.29 is 9.18 Å². The lowest BCUT2D eigenvalue weighted by atomic mass is 10.2. The molecule has 1 N–H and O–H groups in total. The first-order chi connectivity index (χ1) is 13.4. The van der Waals surface area contributed by atoms with Gasteiger partial charge in [-0.1, -0.05) is 35.5 Å². The van der Waals surface area contributed by atoms with Crippen molar-refractivity contribution in [3.05, 3.63) is 58.9 Å². The molecule has 0 fully saturated rings. The van der Waals surface area contributed by atoms with Gasteiger partial charge in [0, 0.05) is 16.8 Å². The number of aromatic nitrogens is 3. The Hall–Kier alpha value is -2.38. The number of benzene rings is 2. The smallest absolute Gasteiger partial charge is 0.234 e. The summed E-state index contributed by atoms with van der Waals surface area (Å²) in [7, 11) is 0. The molecule has 0 aliphatic heterocycles. The van der Waals surface area contributed by atoms with Gasteiger partial charge in [-0.3, -0.25) is 9.36 Å². The van der Waals surface area contributed by atoms with E-state index in [0.29, 0.717) is 27.3 Å². The second-order valence-electron chi connectivity index (χ2n) is 6.55. The summed E-state index contributed by atoms with van der Waals surface area (Å²) in [6.45, 7) is 5.81. The highest BCUT2D eigenvalue weighted by Crippen LogP contribution is 2.29. The number of rotatable bonds is 6. The van der Waals surface area contributed by atoms with Gasteiger partial charge in [0.15, 0.2) is 11.0 Å². The van der Waals surface area contributed by atoms with Crippen LogP contribution in [0.3, 0.4) is 0 Å². The molecule has 2 aromatic carbocycles. The first-order valence-electron chi connectivity index (χ1n) is 8.75. The van der Waals surface area contributed by atoms with Crippen molar-refractivity contribution in [1.29, 1.82) is 0 Å². The zero-order chi connectivity index (χ0) is 20.3. The van der Waals surface area contributed by atoms with E-state index in [0.717, 1.165) is 5.56 Å². The van der Waals surface area contributed by atoms with Crippen LogP contribution in [-0.2, 0) is 4.79 Å². The first kappa shape index (κ1) is 20.4. The molecule has 0 spiro atoms. The van der Waals surface area contributed by atoms with E-state index in [-0.39, 0.29) is 23.5 Å².